The van der Waals surface area contributed by atoms with Gasteiger partial charge in [0.05, 0.1) is 18.8 Å². The molecule has 4 nitrogen and oxygen atoms in total. The number of rotatable bonds is 3. The van der Waals surface area contributed by atoms with E-state index in [-0.39, 0.29) is 34.0 Å². The number of fused-ring (bicyclic) bond motifs is 5. The summed E-state index contributed by atoms with van der Waals surface area (Å²) in [7, 11) is -0.0668. The Labute approximate surface area is 196 Å². The van der Waals surface area contributed by atoms with E-state index in [2.05, 4.69) is 67.6 Å². The zero-order valence-electron chi connectivity index (χ0n) is 22.1. The number of methoxy groups -OCH3 is 1. The highest BCUT2D eigenvalue weighted by atomic mass is 28.4. The summed E-state index contributed by atoms with van der Waals surface area (Å²) in [6.07, 6.45) is 7.05. The molecule has 1 saturated carbocycles. The van der Waals surface area contributed by atoms with Crippen LogP contribution in [0.15, 0.2) is 11.6 Å². The molecule has 4 bridgehead atoms. The van der Waals surface area contributed by atoms with Crippen LogP contribution in [-0.4, -0.2) is 45.6 Å². The van der Waals surface area contributed by atoms with Crippen LogP contribution in [0, 0.1) is 28.6 Å². The van der Waals surface area contributed by atoms with E-state index in [1.165, 1.54) is 5.57 Å². The molecule has 0 unspecified atom stereocenters. The Bertz CT molecular complexity index is 828. The van der Waals surface area contributed by atoms with Crippen molar-refractivity contribution >= 4 is 8.32 Å². The minimum absolute atomic E-state index is 0.0620. The van der Waals surface area contributed by atoms with Crippen molar-refractivity contribution < 1.29 is 18.6 Å². The molecule has 1 spiro atoms. The number of allylic oxidation sites excluding steroid dienone is 1. The van der Waals surface area contributed by atoms with Crippen LogP contribution >= 0.6 is 0 Å². The molecule has 0 amide bonds. The monoisotopic (exact) mass is 462 g/mol. The molecule has 5 aliphatic rings. The van der Waals surface area contributed by atoms with Crippen LogP contribution in [0.2, 0.25) is 18.1 Å². The molecule has 4 fully saturated rings. The van der Waals surface area contributed by atoms with E-state index in [4.69, 9.17) is 18.6 Å². The molecular formula is C27H46O4Si. The van der Waals surface area contributed by atoms with Crippen molar-refractivity contribution in [1.82, 2.24) is 0 Å². The molecule has 0 N–H and O–H groups in total. The van der Waals surface area contributed by atoms with E-state index in [0.717, 1.165) is 32.3 Å². The molecule has 3 saturated heterocycles. The Morgan fingerprint density at radius 3 is 2.44 bits per heavy atom. The summed E-state index contributed by atoms with van der Waals surface area (Å²) >= 11 is 0. The van der Waals surface area contributed by atoms with E-state index >= 15 is 0 Å². The van der Waals surface area contributed by atoms with Gasteiger partial charge in [-0.2, -0.15) is 0 Å². The van der Waals surface area contributed by atoms with Gasteiger partial charge in [0.2, 0.25) is 5.79 Å². The second kappa shape index (κ2) is 6.72. The maximum absolute atomic E-state index is 7.39. The first-order chi connectivity index (χ1) is 14.7. The van der Waals surface area contributed by atoms with Crippen LogP contribution in [-0.2, 0) is 18.6 Å². The predicted molar refractivity (Wildman–Crippen MR) is 130 cm³/mol. The Morgan fingerprint density at radius 2 is 1.81 bits per heavy atom. The van der Waals surface area contributed by atoms with Gasteiger partial charge in [-0.3, -0.25) is 0 Å². The molecule has 5 rings (SSSR count). The Kier molecular flexibility index (Phi) is 4.94. The Morgan fingerprint density at radius 1 is 1.12 bits per heavy atom. The summed E-state index contributed by atoms with van der Waals surface area (Å²) in [5.74, 6) is 0.321. The lowest BCUT2D eigenvalue weighted by atomic mass is 9.47. The van der Waals surface area contributed by atoms with E-state index in [1.54, 1.807) is 0 Å². The van der Waals surface area contributed by atoms with Crippen molar-refractivity contribution in [3.8, 4) is 0 Å². The van der Waals surface area contributed by atoms with Crippen molar-refractivity contribution in [2.75, 3.05) is 13.7 Å². The molecular weight excluding hydrogens is 416 g/mol. The summed E-state index contributed by atoms with van der Waals surface area (Å²) in [4.78, 5) is 0. The molecule has 0 aromatic carbocycles. The summed E-state index contributed by atoms with van der Waals surface area (Å²) in [6.45, 7) is 22.2. The molecule has 2 aliphatic carbocycles. The summed E-state index contributed by atoms with van der Waals surface area (Å²) in [5, 5.41) is 0.186. The fraction of sp³-hybridized carbons (Fsp3) is 0.926. The van der Waals surface area contributed by atoms with E-state index in [9.17, 15) is 0 Å². The van der Waals surface area contributed by atoms with Gasteiger partial charge in [0.15, 0.2) is 8.32 Å². The molecule has 0 aromatic rings. The summed E-state index contributed by atoms with van der Waals surface area (Å²) in [5.41, 5.74) is 0.985. The molecule has 3 heterocycles. The Hall–Kier alpha value is -0.203. The first kappa shape index (κ1) is 23.5. The first-order valence-electron chi connectivity index (χ1n) is 12.9. The van der Waals surface area contributed by atoms with Gasteiger partial charge in [0.1, 0.15) is 5.60 Å². The second-order valence-corrected chi connectivity index (χ2v) is 18.6. The van der Waals surface area contributed by atoms with Crippen LogP contribution in [0.4, 0.5) is 0 Å². The zero-order valence-corrected chi connectivity index (χ0v) is 23.1. The SMILES string of the molecule is CO[C@]12OC[C@H]3CC[C@H](O[Si](C)(C)C(C)(C)C)[C@@]4(C)C[C@H](O[C@]314)[C@H]1C(C)=CC[C@@H]2C1(C)C. The number of hydrogen-bond donors (Lipinski definition) is 0. The molecule has 182 valence electrons. The van der Waals surface area contributed by atoms with Crippen molar-refractivity contribution in [2.45, 2.75) is 116 Å². The minimum atomic E-state index is -1.94. The van der Waals surface area contributed by atoms with E-state index in [1.807, 2.05) is 7.11 Å². The van der Waals surface area contributed by atoms with E-state index < -0.39 is 19.7 Å². The van der Waals surface area contributed by atoms with Crippen LogP contribution in [0.3, 0.4) is 0 Å². The molecule has 0 aromatic heterocycles. The normalized spacial score (nSPS) is 49.4. The van der Waals surface area contributed by atoms with Gasteiger partial charge >= 0.3 is 0 Å². The van der Waals surface area contributed by atoms with Crippen molar-refractivity contribution in [3.63, 3.8) is 0 Å². The highest BCUT2D eigenvalue weighted by Crippen LogP contribution is 2.74. The minimum Gasteiger partial charge on any atom is -0.413 e. The van der Waals surface area contributed by atoms with E-state index in [0.29, 0.717) is 11.8 Å². The molecule has 32 heavy (non-hydrogen) atoms. The number of hydrogen-bond acceptors (Lipinski definition) is 4. The van der Waals surface area contributed by atoms with Gasteiger partial charge in [-0.05, 0) is 56.2 Å². The highest BCUT2D eigenvalue weighted by molar-refractivity contribution is 6.74. The van der Waals surface area contributed by atoms with Crippen molar-refractivity contribution in [2.24, 2.45) is 28.6 Å². The predicted octanol–water partition coefficient (Wildman–Crippen LogP) is 6.32. The third kappa shape index (κ3) is 2.53. The van der Waals surface area contributed by atoms with Gasteiger partial charge in [-0.1, -0.05) is 53.2 Å². The fourth-order valence-electron chi connectivity index (χ4n) is 8.66. The fourth-order valence-corrected chi connectivity index (χ4v) is 10.1. The lowest BCUT2D eigenvalue weighted by molar-refractivity contribution is -0.339. The third-order valence-corrected chi connectivity index (χ3v) is 15.6. The van der Waals surface area contributed by atoms with Crippen LogP contribution in [0.5, 0.6) is 0 Å². The maximum atomic E-state index is 7.39. The van der Waals surface area contributed by atoms with Crippen molar-refractivity contribution in [3.05, 3.63) is 11.6 Å². The molecule has 3 aliphatic heterocycles. The third-order valence-electron chi connectivity index (χ3n) is 11.1. The van der Waals surface area contributed by atoms with Crippen LogP contribution in [0.1, 0.15) is 74.1 Å². The topological polar surface area (TPSA) is 36.9 Å². The first-order valence-corrected chi connectivity index (χ1v) is 15.8. The average molecular weight is 463 g/mol. The van der Waals surface area contributed by atoms with Crippen molar-refractivity contribution in [1.29, 1.82) is 0 Å². The standard InChI is InChI=1S/C27H46O4Si/c1-17-11-13-20-24(5,6)22(17)19-15-25(7)21(31-32(9,10)23(2,3)4)14-12-18-16-29-27(20,28-8)26(18,25)30-19/h11,18-22H,12-16H2,1-10H3/t18-,19+,20-,21+,22-,25-,26+,27-/m1/s1. The van der Waals surface area contributed by atoms with Gasteiger partial charge in [-0.25, -0.2) is 0 Å². The lowest BCUT2D eigenvalue weighted by Crippen LogP contribution is -2.72. The lowest BCUT2D eigenvalue weighted by Gasteiger charge is -2.61. The van der Waals surface area contributed by atoms with Crippen LogP contribution < -0.4 is 0 Å². The van der Waals surface area contributed by atoms with Gasteiger partial charge < -0.3 is 18.6 Å². The average Bonchev–Trinajstić information content (AvgIpc) is 3.14. The molecule has 5 heteroatoms. The highest BCUT2D eigenvalue weighted by Gasteiger charge is 2.83. The largest absolute Gasteiger partial charge is 0.413 e. The maximum Gasteiger partial charge on any atom is 0.202 e. The molecule has 8 atom stereocenters. The number of ether oxygens (including phenoxy) is 3. The van der Waals surface area contributed by atoms with Gasteiger partial charge in [0, 0.05) is 30.3 Å². The quantitative estimate of drug-likeness (QED) is 0.363. The summed E-state index contributed by atoms with van der Waals surface area (Å²) < 4.78 is 28.1. The van der Waals surface area contributed by atoms with Crippen LogP contribution in [0.25, 0.3) is 0 Å². The second-order valence-electron chi connectivity index (χ2n) is 13.9. The van der Waals surface area contributed by atoms with Gasteiger partial charge in [-0.15, -0.1) is 0 Å². The van der Waals surface area contributed by atoms with Gasteiger partial charge in [0.25, 0.3) is 0 Å². The Balaban J connectivity index is 1.68. The molecule has 0 radical (unpaired) electrons. The summed E-state index contributed by atoms with van der Waals surface area (Å²) in [6, 6.07) is 0. The smallest absolute Gasteiger partial charge is 0.202 e. The zero-order chi connectivity index (χ0) is 23.5.